The lowest BCUT2D eigenvalue weighted by molar-refractivity contribution is -0.0282. The highest BCUT2D eigenvalue weighted by atomic mass is 19.3. The Labute approximate surface area is 205 Å². The third-order valence-electron chi connectivity index (χ3n) is 6.59. The van der Waals surface area contributed by atoms with Crippen LogP contribution < -0.4 is 10.5 Å². The normalized spacial score (nSPS) is 18.5. The highest BCUT2D eigenvalue weighted by Crippen LogP contribution is 2.40. The molecule has 188 valence electrons. The molecule has 10 heteroatoms. The van der Waals surface area contributed by atoms with Crippen LogP contribution in [-0.4, -0.2) is 45.9 Å². The van der Waals surface area contributed by atoms with Crippen molar-refractivity contribution >= 4 is 11.3 Å². The number of nitrogens with zero attached hydrogens (tertiary/aromatic N) is 3. The van der Waals surface area contributed by atoms with Gasteiger partial charge in [-0.25, -0.2) is 14.4 Å². The first kappa shape index (κ1) is 24.1. The average molecular weight is 499 g/mol. The molecular weight excluding hydrogens is 473 g/mol. The van der Waals surface area contributed by atoms with E-state index in [4.69, 9.17) is 20.2 Å². The van der Waals surface area contributed by atoms with E-state index in [9.17, 15) is 9.50 Å². The van der Waals surface area contributed by atoms with E-state index >= 15 is 8.78 Å². The summed E-state index contributed by atoms with van der Waals surface area (Å²) in [6, 6.07) is 9.19. The Hall–Kier alpha value is -3.63. The van der Waals surface area contributed by atoms with E-state index in [0.29, 0.717) is 29.8 Å². The minimum absolute atomic E-state index is 0.0320. The first-order valence-corrected chi connectivity index (χ1v) is 11.5. The molecule has 0 spiro atoms. The van der Waals surface area contributed by atoms with Crippen molar-refractivity contribution in [3.63, 3.8) is 0 Å². The number of alkyl halides is 2. The maximum atomic E-state index is 15.2. The molecule has 1 saturated heterocycles. The zero-order chi connectivity index (χ0) is 25.4. The van der Waals surface area contributed by atoms with E-state index in [1.807, 2.05) is 4.40 Å². The molecule has 4 aromatic rings. The van der Waals surface area contributed by atoms with Crippen LogP contribution >= 0.6 is 0 Å². The Morgan fingerprint density at radius 2 is 1.97 bits per heavy atom. The summed E-state index contributed by atoms with van der Waals surface area (Å²) >= 11 is 0. The van der Waals surface area contributed by atoms with Crippen LogP contribution in [0.5, 0.6) is 5.75 Å². The summed E-state index contributed by atoms with van der Waals surface area (Å²) in [5.74, 6) is -3.99. The van der Waals surface area contributed by atoms with Crippen LogP contribution in [0, 0.1) is 5.82 Å². The van der Waals surface area contributed by atoms with Gasteiger partial charge >= 0.3 is 5.92 Å². The lowest BCUT2D eigenvalue weighted by atomic mass is 9.97. The van der Waals surface area contributed by atoms with E-state index < -0.39 is 17.3 Å². The summed E-state index contributed by atoms with van der Waals surface area (Å²) < 4.78 is 57.5. The molecule has 36 heavy (non-hydrogen) atoms. The molecular formula is C26H25F3N4O3. The highest BCUT2D eigenvalue weighted by Gasteiger charge is 2.38. The van der Waals surface area contributed by atoms with Crippen molar-refractivity contribution in [2.24, 2.45) is 0 Å². The lowest BCUT2D eigenvalue weighted by Crippen LogP contribution is -2.28. The monoisotopic (exact) mass is 498 g/mol. The molecule has 2 unspecified atom stereocenters. The Morgan fingerprint density at radius 1 is 1.19 bits per heavy atom. The third-order valence-corrected chi connectivity index (χ3v) is 6.59. The second kappa shape index (κ2) is 9.44. The fourth-order valence-corrected chi connectivity index (χ4v) is 4.63. The molecule has 3 heterocycles. The van der Waals surface area contributed by atoms with E-state index in [1.165, 1.54) is 43.5 Å². The maximum Gasteiger partial charge on any atom is 0.301 e. The molecule has 2 atom stereocenters. The summed E-state index contributed by atoms with van der Waals surface area (Å²) in [4.78, 5) is 9.00. The Balaban J connectivity index is 1.52. The molecule has 1 fully saturated rings. The Bertz CT molecular complexity index is 1380. The molecule has 0 aliphatic carbocycles. The second-order valence-corrected chi connectivity index (χ2v) is 8.74. The van der Waals surface area contributed by atoms with Crippen LogP contribution in [-0.2, 0) is 10.7 Å². The summed E-state index contributed by atoms with van der Waals surface area (Å²) in [5, 5.41) is 9.35. The van der Waals surface area contributed by atoms with Crippen LogP contribution in [0.1, 0.15) is 35.7 Å². The number of imidazole rings is 1. The predicted molar refractivity (Wildman–Crippen MR) is 128 cm³/mol. The fraction of sp³-hybridized carbons (Fsp3) is 0.308. The summed E-state index contributed by atoms with van der Waals surface area (Å²) in [6.07, 6.45) is 4.59. The van der Waals surface area contributed by atoms with Crippen LogP contribution in [0.15, 0.2) is 54.9 Å². The first-order chi connectivity index (χ1) is 17.3. The molecule has 2 aromatic heterocycles. The molecule has 5 rings (SSSR count). The van der Waals surface area contributed by atoms with Crippen molar-refractivity contribution in [3.8, 4) is 17.0 Å². The standard InChI is InChI=1S/C26H25F3N4O3/c1-35-20-4-2-3-19(21(20)27)26(28,29)17-8-5-15(6-9-17)22-23-24(30)31-11-12-33(23)25(32-22)16-7-10-18(13-34)36-14-16/h2-6,8-9,11-12,16,18,34H,7,10,13-14H2,1H3,(H2,30,31). The van der Waals surface area contributed by atoms with Gasteiger partial charge in [0.2, 0.25) is 0 Å². The number of aliphatic hydroxyl groups excluding tert-OH is 1. The topological polar surface area (TPSA) is 94.9 Å². The number of rotatable bonds is 6. The zero-order valence-electron chi connectivity index (χ0n) is 19.5. The SMILES string of the molecule is COc1cccc(C(F)(F)c2ccc(-c3nc(C4CCC(CO)OC4)n4ccnc(N)c34)cc2)c1F. The molecule has 1 aliphatic heterocycles. The molecule has 0 amide bonds. The fourth-order valence-electron chi connectivity index (χ4n) is 4.63. The van der Waals surface area contributed by atoms with Gasteiger partial charge in [0, 0.05) is 29.4 Å². The van der Waals surface area contributed by atoms with Crippen LogP contribution in [0.2, 0.25) is 0 Å². The number of nitrogens with two attached hydrogens (primary N) is 1. The van der Waals surface area contributed by atoms with Gasteiger partial charge in [-0.05, 0) is 25.0 Å². The summed E-state index contributed by atoms with van der Waals surface area (Å²) in [7, 11) is 1.23. The van der Waals surface area contributed by atoms with Gasteiger partial charge in [-0.1, -0.05) is 30.3 Å². The zero-order valence-corrected chi connectivity index (χ0v) is 19.5. The number of aliphatic hydroxyl groups is 1. The summed E-state index contributed by atoms with van der Waals surface area (Å²) in [5.41, 5.74) is 6.68. The van der Waals surface area contributed by atoms with Crippen molar-refractivity contribution in [1.82, 2.24) is 14.4 Å². The molecule has 1 aliphatic rings. The van der Waals surface area contributed by atoms with Gasteiger partial charge in [0.15, 0.2) is 11.6 Å². The van der Waals surface area contributed by atoms with E-state index in [-0.39, 0.29) is 35.8 Å². The van der Waals surface area contributed by atoms with E-state index in [2.05, 4.69) is 4.98 Å². The van der Waals surface area contributed by atoms with Gasteiger partial charge in [-0.2, -0.15) is 8.78 Å². The maximum absolute atomic E-state index is 15.2. The first-order valence-electron chi connectivity index (χ1n) is 11.5. The number of hydrogen-bond donors (Lipinski definition) is 2. The van der Waals surface area contributed by atoms with Crippen LogP contribution in [0.4, 0.5) is 19.0 Å². The minimum atomic E-state index is -3.58. The number of fused-ring (bicyclic) bond motifs is 1. The number of anilines is 1. The van der Waals surface area contributed by atoms with Crippen LogP contribution in [0.25, 0.3) is 16.8 Å². The van der Waals surface area contributed by atoms with Crippen molar-refractivity contribution < 1.29 is 27.8 Å². The number of hydrogen-bond acceptors (Lipinski definition) is 6. The smallest absolute Gasteiger partial charge is 0.301 e. The number of benzene rings is 2. The second-order valence-electron chi connectivity index (χ2n) is 8.74. The number of halogens is 3. The molecule has 0 bridgehead atoms. The van der Waals surface area contributed by atoms with Gasteiger partial charge in [-0.15, -0.1) is 0 Å². The third kappa shape index (κ3) is 4.06. The Kier molecular flexibility index (Phi) is 6.31. The molecule has 3 N–H and O–H groups in total. The van der Waals surface area contributed by atoms with Gasteiger partial charge in [0.1, 0.15) is 22.9 Å². The highest BCUT2D eigenvalue weighted by molar-refractivity contribution is 5.85. The van der Waals surface area contributed by atoms with Gasteiger partial charge in [0.25, 0.3) is 0 Å². The van der Waals surface area contributed by atoms with Crippen molar-refractivity contribution in [2.45, 2.75) is 30.8 Å². The number of aromatic nitrogens is 3. The number of ether oxygens (including phenoxy) is 2. The predicted octanol–water partition coefficient (Wildman–Crippen LogP) is 4.52. The largest absolute Gasteiger partial charge is 0.494 e. The average Bonchev–Trinajstić information content (AvgIpc) is 3.30. The quantitative estimate of drug-likeness (QED) is 0.406. The molecule has 7 nitrogen and oxygen atoms in total. The molecule has 0 radical (unpaired) electrons. The van der Waals surface area contributed by atoms with Crippen LogP contribution in [0.3, 0.4) is 0 Å². The number of methoxy groups -OCH3 is 1. The molecule has 0 saturated carbocycles. The van der Waals surface area contributed by atoms with E-state index in [1.54, 1.807) is 12.4 Å². The number of nitrogen functional groups attached to an aromatic ring is 1. The van der Waals surface area contributed by atoms with E-state index in [0.717, 1.165) is 18.3 Å². The van der Waals surface area contributed by atoms with Gasteiger partial charge in [0.05, 0.1) is 32.0 Å². The molecule has 2 aromatic carbocycles. The lowest BCUT2D eigenvalue weighted by Gasteiger charge is -2.27. The summed E-state index contributed by atoms with van der Waals surface area (Å²) in [6.45, 7) is 0.358. The van der Waals surface area contributed by atoms with Crippen molar-refractivity contribution in [2.75, 3.05) is 26.1 Å². The minimum Gasteiger partial charge on any atom is -0.494 e. The Morgan fingerprint density at radius 3 is 2.64 bits per heavy atom. The van der Waals surface area contributed by atoms with Gasteiger partial charge < -0.3 is 20.3 Å². The van der Waals surface area contributed by atoms with Gasteiger partial charge in [-0.3, -0.25) is 4.40 Å². The van der Waals surface area contributed by atoms with Crippen molar-refractivity contribution in [3.05, 3.63) is 77.6 Å². The van der Waals surface area contributed by atoms with Crippen molar-refractivity contribution in [1.29, 1.82) is 0 Å².